The molecule has 0 aliphatic heterocycles. The molecule has 0 radical (unpaired) electrons. The molecule has 0 aliphatic carbocycles. The zero-order chi connectivity index (χ0) is 10.2. The fourth-order valence-electron chi connectivity index (χ4n) is 0.958. The zero-order valence-electron chi connectivity index (χ0n) is 8.23. The van der Waals surface area contributed by atoms with E-state index in [2.05, 4.69) is 6.92 Å². The van der Waals surface area contributed by atoms with E-state index in [-0.39, 0.29) is 0 Å². The number of thiophene rings is 1. The smallest absolute Gasteiger partial charge is 0.156 e. The van der Waals surface area contributed by atoms with E-state index in [0.29, 0.717) is 0 Å². The van der Waals surface area contributed by atoms with Gasteiger partial charge in [0, 0.05) is 9.78 Å². The van der Waals surface area contributed by atoms with Crippen molar-refractivity contribution in [3.05, 3.63) is 27.3 Å². The minimum Gasteiger partial charge on any atom is -0.297 e. The minimum absolute atomic E-state index is 0.834. The number of allylic oxidation sites excluding steroid dienone is 1. The molecule has 14 heavy (non-hydrogen) atoms. The first-order valence-electron chi connectivity index (χ1n) is 4.70. The highest BCUT2D eigenvalue weighted by atomic mass is 32.2. The van der Waals surface area contributed by atoms with Gasteiger partial charge >= 0.3 is 0 Å². The number of carbonyl (C=O) groups is 1. The first-order chi connectivity index (χ1) is 6.86. The summed E-state index contributed by atoms with van der Waals surface area (Å²) in [6, 6.07) is 4.02. The van der Waals surface area contributed by atoms with Crippen molar-refractivity contribution >= 4 is 35.5 Å². The van der Waals surface area contributed by atoms with Crippen LogP contribution in [0.2, 0.25) is 0 Å². The summed E-state index contributed by atoms with van der Waals surface area (Å²) in [7, 11) is 0. The van der Waals surface area contributed by atoms with Crippen molar-refractivity contribution in [2.24, 2.45) is 0 Å². The molecule has 0 fully saturated rings. The van der Waals surface area contributed by atoms with E-state index in [9.17, 15) is 4.79 Å². The van der Waals surface area contributed by atoms with Crippen LogP contribution in [-0.2, 0) is 4.79 Å². The quantitative estimate of drug-likeness (QED) is 0.417. The Bertz CT molecular complexity index is 288. The lowest BCUT2D eigenvalue weighted by atomic mass is 10.4. The normalized spacial score (nSPS) is 11.6. The van der Waals surface area contributed by atoms with Crippen molar-refractivity contribution in [3.63, 3.8) is 0 Å². The van der Waals surface area contributed by atoms with Crippen LogP contribution in [0.15, 0.2) is 22.4 Å². The van der Waals surface area contributed by atoms with Gasteiger partial charge in [-0.3, -0.25) is 4.79 Å². The summed E-state index contributed by atoms with van der Waals surface area (Å²) in [5.74, 6) is 1.03. The lowest BCUT2D eigenvalue weighted by Crippen LogP contribution is -1.82. The molecule has 0 saturated carbocycles. The van der Waals surface area contributed by atoms with E-state index in [0.717, 1.165) is 21.8 Å². The van der Waals surface area contributed by atoms with Gasteiger partial charge < -0.3 is 0 Å². The second kappa shape index (κ2) is 6.85. The van der Waals surface area contributed by atoms with Crippen molar-refractivity contribution in [1.29, 1.82) is 0 Å². The lowest BCUT2D eigenvalue weighted by Gasteiger charge is -1.97. The SMILES string of the molecule is CCCCS/C(C=O)=C\c1cccs1. The molecule has 0 saturated heterocycles. The summed E-state index contributed by atoms with van der Waals surface area (Å²) < 4.78 is 0. The molecule has 0 bridgehead atoms. The highest BCUT2D eigenvalue weighted by molar-refractivity contribution is 8.04. The Labute approximate surface area is 93.2 Å². The highest BCUT2D eigenvalue weighted by Gasteiger charge is 1.97. The molecule has 0 spiro atoms. The standard InChI is InChI=1S/C11H14OS2/c1-2-3-6-14-11(9-12)8-10-5-4-7-13-10/h4-5,7-9H,2-3,6H2,1H3/b11-8-. The van der Waals surface area contributed by atoms with Crippen LogP contribution in [0.25, 0.3) is 6.08 Å². The lowest BCUT2D eigenvalue weighted by molar-refractivity contribution is -0.104. The summed E-state index contributed by atoms with van der Waals surface area (Å²) in [6.07, 6.45) is 5.25. The molecule has 1 aromatic heterocycles. The number of hydrogen-bond acceptors (Lipinski definition) is 3. The molecule has 1 aromatic rings. The van der Waals surface area contributed by atoms with Gasteiger partial charge in [0.2, 0.25) is 0 Å². The second-order valence-corrected chi connectivity index (χ2v) is 5.03. The van der Waals surface area contributed by atoms with E-state index < -0.39 is 0 Å². The van der Waals surface area contributed by atoms with Crippen molar-refractivity contribution in [1.82, 2.24) is 0 Å². The second-order valence-electron chi connectivity index (χ2n) is 2.88. The minimum atomic E-state index is 0.834. The van der Waals surface area contributed by atoms with Crippen molar-refractivity contribution in [2.75, 3.05) is 5.75 Å². The maximum absolute atomic E-state index is 10.7. The summed E-state index contributed by atoms with van der Waals surface area (Å²) in [5, 5.41) is 2.02. The van der Waals surface area contributed by atoms with Gasteiger partial charge in [-0.1, -0.05) is 19.4 Å². The molecule has 0 aliphatic rings. The summed E-state index contributed by atoms with van der Waals surface area (Å²) >= 11 is 3.30. The largest absolute Gasteiger partial charge is 0.297 e. The zero-order valence-corrected chi connectivity index (χ0v) is 9.87. The molecule has 0 unspecified atom stereocenters. The third-order valence-electron chi connectivity index (χ3n) is 1.71. The van der Waals surface area contributed by atoms with Gasteiger partial charge in [-0.15, -0.1) is 23.1 Å². The number of aldehydes is 1. The van der Waals surface area contributed by atoms with Crippen LogP contribution in [0.1, 0.15) is 24.6 Å². The Kier molecular flexibility index (Phi) is 5.64. The van der Waals surface area contributed by atoms with E-state index in [1.165, 1.54) is 12.8 Å². The summed E-state index contributed by atoms with van der Waals surface area (Å²) in [5.41, 5.74) is 0. The maximum atomic E-state index is 10.7. The number of rotatable bonds is 6. The molecule has 0 aromatic carbocycles. The van der Waals surface area contributed by atoms with E-state index in [1.807, 2.05) is 23.6 Å². The third kappa shape index (κ3) is 4.11. The molecule has 3 heteroatoms. The van der Waals surface area contributed by atoms with Crippen LogP contribution in [0.5, 0.6) is 0 Å². The molecule has 76 valence electrons. The predicted octanol–water partition coefficient (Wildman–Crippen LogP) is 3.82. The fourth-order valence-corrected chi connectivity index (χ4v) is 2.65. The molecule has 1 nitrogen and oxygen atoms in total. The monoisotopic (exact) mass is 226 g/mol. The number of thioether (sulfide) groups is 1. The first kappa shape index (κ1) is 11.5. The molecule has 1 rings (SSSR count). The van der Waals surface area contributed by atoms with E-state index in [1.54, 1.807) is 23.1 Å². The van der Waals surface area contributed by atoms with Gasteiger partial charge in [-0.25, -0.2) is 0 Å². The average Bonchev–Trinajstić information content (AvgIpc) is 2.69. The van der Waals surface area contributed by atoms with Crippen LogP contribution in [0.4, 0.5) is 0 Å². The molecule has 0 atom stereocenters. The van der Waals surface area contributed by atoms with Crippen LogP contribution in [0, 0.1) is 0 Å². The van der Waals surface area contributed by atoms with Gasteiger partial charge in [-0.05, 0) is 29.7 Å². The van der Waals surface area contributed by atoms with Crippen LogP contribution >= 0.6 is 23.1 Å². The van der Waals surface area contributed by atoms with E-state index in [4.69, 9.17) is 0 Å². The third-order valence-corrected chi connectivity index (χ3v) is 3.57. The Hall–Kier alpha value is -0.540. The first-order valence-corrected chi connectivity index (χ1v) is 6.56. The van der Waals surface area contributed by atoms with Gasteiger partial charge in [0.25, 0.3) is 0 Å². The average molecular weight is 226 g/mol. The molecular weight excluding hydrogens is 212 g/mol. The van der Waals surface area contributed by atoms with Crippen LogP contribution < -0.4 is 0 Å². The molecular formula is C11H14OS2. The fraction of sp³-hybridized carbons (Fsp3) is 0.364. The number of hydrogen-bond donors (Lipinski definition) is 0. The van der Waals surface area contributed by atoms with Crippen molar-refractivity contribution < 1.29 is 4.79 Å². The molecule has 0 amide bonds. The highest BCUT2D eigenvalue weighted by Crippen LogP contribution is 2.20. The van der Waals surface area contributed by atoms with Crippen molar-refractivity contribution in [3.8, 4) is 0 Å². The van der Waals surface area contributed by atoms with Gasteiger partial charge in [0.1, 0.15) is 0 Å². The summed E-state index contributed by atoms with van der Waals surface area (Å²) in [4.78, 5) is 12.7. The number of unbranched alkanes of at least 4 members (excludes halogenated alkanes) is 1. The Morgan fingerprint density at radius 1 is 1.64 bits per heavy atom. The molecule has 1 heterocycles. The predicted molar refractivity (Wildman–Crippen MR) is 65.7 cm³/mol. The van der Waals surface area contributed by atoms with Crippen LogP contribution in [0.3, 0.4) is 0 Å². The van der Waals surface area contributed by atoms with E-state index >= 15 is 0 Å². The van der Waals surface area contributed by atoms with Crippen molar-refractivity contribution in [2.45, 2.75) is 19.8 Å². The summed E-state index contributed by atoms with van der Waals surface area (Å²) in [6.45, 7) is 2.16. The Balaban J connectivity index is 2.49. The van der Waals surface area contributed by atoms with Gasteiger partial charge in [0.15, 0.2) is 6.29 Å². The van der Waals surface area contributed by atoms with Gasteiger partial charge in [-0.2, -0.15) is 0 Å². The Morgan fingerprint density at radius 2 is 2.50 bits per heavy atom. The van der Waals surface area contributed by atoms with Crippen LogP contribution in [-0.4, -0.2) is 12.0 Å². The Morgan fingerprint density at radius 3 is 3.07 bits per heavy atom. The topological polar surface area (TPSA) is 17.1 Å². The number of carbonyl (C=O) groups excluding carboxylic acids is 1. The van der Waals surface area contributed by atoms with Gasteiger partial charge in [0.05, 0.1) is 0 Å². The maximum Gasteiger partial charge on any atom is 0.156 e. The molecule has 0 N–H and O–H groups in total.